The van der Waals surface area contributed by atoms with Crippen molar-refractivity contribution in [1.82, 2.24) is 24.7 Å². The molecule has 13 heteroatoms. The Balaban J connectivity index is 2.14. The van der Waals surface area contributed by atoms with Crippen molar-refractivity contribution in [2.45, 2.75) is 19.3 Å². The van der Waals surface area contributed by atoms with Gasteiger partial charge in [-0.1, -0.05) is 0 Å². The summed E-state index contributed by atoms with van der Waals surface area (Å²) in [6, 6.07) is 0.885. The molecule has 162 valence electrons. The van der Waals surface area contributed by atoms with Gasteiger partial charge in [-0.25, -0.2) is 24.4 Å². The molecule has 3 aromatic rings. The van der Waals surface area contributed by atoms with Crippen molar-refractivity contribution in [3.05, 3.63) is 59.9 Å². The lowest BCUT2D eigenvalue weighted by Gasteiger charge is -2.13. The van der Waals surface area contributed by atoms with Crippen LogP contribution in [0.15, 0.2) is 43.2 Å². The van der Waals surface area contributed by atoms with E-state index in [4.69, 9.17) is 0 Å². The highest BCUT2D eigenvalue weighted by molar-refractivity contribution is 6.17. The van der Waals surface area contributed by atoms with Gasteiger partial charge in [-0.05, 0) is 30.7 Å². The van der Waals surface area contributed by atoms with Gasteiger partial charge in [0.05, 0.1) is 11.1 Å². The number of halogens is 6. The SMILES string of the molecule is CC(=C(C(=O)O)n1cnc(-c2cc(C(F)(F)F)cc(C(F)(F)F)c2)n1)c1cncnc1. The molecule has 0 spiro atoms. The van der Waals surface area contributed by atoms with Crippen molar-refractivity contribution in [1.29, 1.82) is 0 Å². The summed E-state index contributed by atoms with van der Waals surface area (Å²) in [5.41, 5.74) is -3.64. The zero-order valence-electron chi connectivity index (χ0n) is 15.4. The summed E-state index contributed by atoms with van der Waals surface area (Å²) in [5.74, 6) is -1.98. The number of carbonyl (C=O) groups is 1. The predicted octanol–water partition coefficient (Wildman–Crippen LogP) is 4.25. The van der Waals surface area contributed by atoms with Crippen molar-refractivity contribution < 1.29 is 36.2 Å². The van der Waals surface area contributed by atoms with Gasteiger partial charge in [0.1, 0.15) is 12.7 Å². The second kappa shape index (κ2) is 7.81. The van der Waals surface area contributed by atoms with Gasteiger partial charge in [0.2, 0.25) is 0 Å². The first kappa shape index (κ1) is 21.9. The van der Waals surface area contributed by atoms with Crippen LogP contribution in [0.25, 0.3) is 22.7 Å². The number of rotatable bonds is 4. The molecule has 0 fully saturated rings. The number of nitrogens with zero attached hydrogens (tertiary/aromatic N) is 5. The van der Waals surface area contributed by atoms with Crippen molar-refractivity contribution >= 4 is 17.2 Å². The van der Waals surface area contributed by atoms with E-state index < -0.39 is 46.5 Å². The predicted molar refractivity (Wildman–Crippen MR) is 93.9 cm³/mol. The van der Waals surface area contributed by atoms with Crippen molar-refractivity contribution in [3.63, 3.8) is 0 Å². The molecule has 0 aliphatic carbocycles. The first-order valence-corrected chi connectivity index (χ1v) is 8.29. The van der Waals surface area contributed by atoms with Crippen LogP contribution < -0.4 is 0 Å². The minimum absolute atomic E-state index is 0.0252. The van der Waals surface area contributed by atoms with E-state index in [0.717, 1.165) is 11.0 Å². The van der Waals surface area contributed by atoms with E-state index in [1.54, 1.807) is 0 Å². The van der Waals surface area contributed by atoms with Crippen LogP contribution in [0.2, 0.25) is 0 Å². The summed E-state index contributed by atoms with van der Waals surface area (Å²) >= 11 is 0. The Hall–Kier alpha value is -3.77. The molecule has 0 bridgehead atoms. The molecule has 7 nitrogen and oxygen atoms in total. The van der Waals surface area contributed by atoms with E-state index in [1.165, 1.54) is 25.6 Å². The third-order valence-corrected chi connectivity index (χ3v) is 4.12. The Morgan fingerprint density at radius 1 is 0.968 bits per heavy atom. The quantitative estimate of drug-likeness (QED) is 0.479. The molecule has 0 amide bonds. The van der Waals surface area contributed by atoms with Gasteiger partial charge in [-0.2, -0.15) is 26.3 Å². The number of allylic oxidation sites excluding steroid dienone is 1. The van der Waals surface area contributed by atoms with E-state index in [9.17, 15) is 36.2 Å². The minimum Gasteiger partial charge on any atom is -0.477 e. The highest BCUT2D eigenvalue weighted by Crippen LogP contribution is 2.38. The minimum atomic E-state index is -5.05. The van der Waals surface area contributed by atoms with Crippen LogP contribution in [0, 0.1) is 0 Å². The molecule has 0 saturated heterocycles. The number of aliphatic carboxylic acids is 1. The lowest BCUT2D eigenvalue weighted by atomic mass is 10.0. The zero-order valence-corrected chi connectivity index (χ0v) is 15.4. The molecule has 1 aromatic carbocycles. The molecule has 2 heterocycles. The normalized spacial score (nSPS) is 13.1. The van der Waals surface area contributed by atoms with Crippen LogP contribution >= 0.6 is 0 Å². The monoisotopic (exact) mass is 443 g/mol. The molecule has 0 unspecified atom stereocenters. The third kappa shape index (κ3) is 4.70. The van der Waals surface area contributed by atoms with Gasteiger partial charge in [0.25, 0.3) is 0 Å². The molecule has 0 radical (unpaired) electrons. The fraction of sp³-hybridized carbons (Fsp3) is 0.167. The Labute approximate surface area is 169 Å². The maximum atomic E-state index is 13.1. The number of carboxylic acids is 1. The molecule has 0 aliphatic heterocycles. The van der Waals surface area contributed by atoms with Crippen LogP contribution in [0.1, 0.15) is 23.6 Å². The second-order valence-electron chi connectivity index (χ2n) is 6.21. The number of hydrogen-bond donors (Lipinski definition) is 1. The van der Waals surface area contributed by atoms with Gasteiger partial charge >= 0.3 is 18.3 Å². The Kier molecular flexibility index (Phi) is 5.53. The van der Waals surface area contributed by atoms with E-state index >= 15 is 0 Å². The maximum Gasteiger partial charge on any atom is 0.416 e. The van der Waals surface area contributed by atoms with E-state index in [2.05, 4.69) is 20.1 Å². The summed E-state index contributed by atoms with van der Waals surface area (Å²) in [5, 5.41) is 13.3. The third-order valence-electron chi connectivity index (χ3n) is 4.12. The highest BCUT2D eigenvalue weighted by atomic mass is 19.4. The number of benzene rings is 1. The van der Waals surface area contributed by atoms with E-state index in [1.807, 2.05) is 0 Å². The van der Waals surface area contributed by atoms with Crippen molar-refractivity contribution in [2.75, 3.05) is 0 Å². The standard InChI is InChI=1S/C18H11F6N5O2/c1-9(11-5-25-7-26-6-11)14(16(30)31)29-8-27-15(28-29)10-2-12(17(19,20)21)4-13(3-10)18(22,23)24/h2-8H,1H3,(H,30,31). The largest absolute Gasteiger partial charge is 0.477 e. The molecular weight excluding hydrogens is 432 g/mol. The molecule has 2 aromatic heterocycles. The molecule has 0 saturated carbocycles. The Bertz CT molecular complexity index is 1120. The van der Waals surface area contributed by atoms with Gasteiger partial charge in [-0.3, -0.25) is 0 Å². The molecule has 0 aliphatic rings. The summed E-state index contributed by atoms with van der Waals surface area (Å²) in [7, 11) is 0. The first-order valence-electron chi connectivity index (χ1n) is 8.29. The van der Waals surface area contributed by atoms with Crippen LogP contribution in [0.5, 0.6) is 0 Å². The van der Waals surface area contributed by atoms with E-state index in [0.29, 0.717) is 17.7 Å². The lowest BCUT2D eigenvalue weighted by molar-refractivity contribution is -0.143. The van der Waals surface area contributed by atoms with Crippen LogP contribution in [0.3, 0.4) is 0 Å². The molecule has 3 rings (SSSR count). The Morgan fingerprint density at radius 3 is 2.00 bits per heavy atom. The molecule has 31 heavy (non-hydrogen) atoms. The van der Waals surface area contributed by atoms with Crippen LogP contribution in [-0.4, -0.2) is 35.8 Å². The summed E-state index contributed by atoms with van der Waals surface area (Å²) < 4.78 is 79.2. The molecule has 0 atom stereocenters. The number of alkyl halides is 6. The van der Waals surface area contributed by atoms with Gasteiger partial charge in [-0.15, -0.1) is 5.10 Å². The van der Waals surface area contributed by atoms with Gasteiger partial charge in [0.15, 0.2) is 11.5 Å². The fourth-order valence-electron chi connectivity index (χ4n) is 2.65. The number of aromatic nitrogens is 5. The average Bonchev–Trinajstić information content (AvgIpc) is 3.16. The van der Waals surface area contributed by atoms with Crippen LogP contribution in [-0.2, 0) is 17.1 Å². The van der Waals surface area contributed by atoms with Crippen molar-refractivity contribution in [3.8, 4) is 11.4 Å². The summed E-state index contributed by atoms with van der Waals surface area (Å²) in [6.45, 7) is 1.41. The Morgan fingerprint density at radius 2 is 1.52 bits per heavy atom. The average molecular weight is 443 g/mol. The number of carboxylic acid groups (broad SMARTS) is 1. The highest BCUT2D eigenvalue weighted by Gasteiger charge is 2.37. The smallest absolute Gasteiger partial charge is 0.416 e. The van der Waals surface area contributed by atoms with Crippen molar-refractivity contribution in [2.24, 2.45) is 0 Å². The summed E-state index contributed by atoms with van der Waals surface area (Å²) in [6.07, 6.45) is -5.35. The summed E-state index contributed by atoms with van der Waals surface area (Å²) in [4.78, 5) is 23.0. The van der Waals surface area contributed by atoms with Gasteiger partial charge in [0, 0.05) is 23.5 Å². The number of hydrogen-bond acceptors (Lipinski definition) is 5. The maximum absolute atomic E-state index is 13.1. The molecule has 1 N–H and O–H groups in total. The zero-order chi connectivity index (χ0) is 23.0. The van der Waals surface area contributed by atoms with Gasteiger partial charge < -0.3 is 5.11 Å². The van der Waals surface area contributed by atoms with Crippen LogP contribution in [0.4, 0.5) is 26.3 Å². The topological polar surface area (TPSA) is 93.8 Å². The second-order valence-corrected chi connectivity index (χ2v) is 6.21. The van der Waals surface area contributed by atoms with E-state index in [-0.39, 0.29) is 11.6 Å². The first-order chi connectivity index (χ1) is 14.4. The molecular formula is C18H11F6N5O2. The lowest BCUT2D eigenvalue weighted by Crippen LogP contribution is -2.12. The fourth-order valence-corrected chi connectivity index (χ4v) is 2.65.